The highest BCUT2D eigenvalue weighted by molar-refractivity contribution is 5.91. The van der Waals surface area contributed by atoms with Crippen LogP contribution < -0.4 is 11.0 Å². The second-order valence-corrected chi connectivity index (χ2v) is 6.75. The van der Waals surface area contributed by atoms with Crippen LogP contribution in [0.3, 0.4) is 0 Å². The Morgan fingerprint density at radius 3 is 3.00 bits per heavy atom. The van der Waals surface area contributed by atoms with Gasteiger partial charge in [-0.25, -0.2) is 9.48 Å². The number of hydrogen-bond acceptors (Lipinski definition) is 5. The molecule has 0 saturated heterocycles. The predicted octanol–water partition coefficient (Wildman–Crippen LogP) is 0.903. The van der Waals surface area contributed by atoms with Crippen molar-refractivity contribution < 1.29 is 9.32 Å². The van der Waals surface area contributed by atoms with Crippen LogP contribution in [-0.4, -0.2) is 31.5 Å². The Bertz CT molecular complexity index is 786. The molecule has 3 heterocycles. The Hall–Kier alpha value is -2.38. The molecular formula is C16H23N5O3. The van der Waals surface area contributed by atoms with E-state index in [2.05, 4.69) is 29.4 Å². The molecule has 0 bridgehead atoms. The minimum Gasteiger partial charge on any atom is -0.351 e. The van der Waals surface area contributed by atoms with Crippen LogP contribution in [0.15, 0.2) is 15.4 Å². The molecule has 0 aliphatic carbocycles. The van der Waals surface area contributed by atoms with Gasteiger partial charge in [0, 0.05) is 32.1 Å². The number of carbonyl (C=O) groups is 1. The maximum atomic E-state index is 12.3. The van der Waals surface area contributed by atoms with Gasteiger partial charge in [-0.15, -0.1) is 0 Å². The first kappa shape index (κ1) is 16.5. The molecule has 8 heteroatoms. The Morgan fingerprint density at radius 2 is 2.25 bits per heavy atom. The molecule has 8 nitrogen and oxygen atoms in total. The van der Waals surface area contributed by atoms with Gasteiger partial charge in [-0.1, -0.05) is 19.0 Å². The number of fused-ring (bicyclic) bond motifs is 1. The molecule has 2 aromatic heterocycles. The molecule has 0 aromatic carbocycles. The lowest BCUT2D eigenvalue weighted by molar-refractivity contribution is 0.0895. The van der Waals surface area contributed by atoms with Crippen molar-refractivity contribution in [2.24, 2.45) is 13.0 Å². The third kappa shape index (κ3) is 3.42. The molecular weight excluding hydrogens is 310 g/mol. The predicted molar refractivity (Wildman–Crippen MR) is 86.7 cm³/mol. The highest BCUT2D eigenvalue weighted by atomic mass is 16.5. The summed E-state index contributed by atoms with van der Waals surface area (Å²) in [6.07, 6.45) is 2.88. The van der Waals surface area contributed by atoms with Crippen LogP contribution >= 0.6 is 0 Å². The average Bonchev–Trinajstić information content (AvgIpc) is 3.01. The molecule has 1 N–H and O–H groups in total. The average molecular weight is 333 g/mol. The molecule has 0 saturated carbocycles. The highest BCUT2D eigenvalue weighted by Gasteiger charge is 2.23. The van der Waals surface area contributed by atoms with Crippen LogP contribution in [0.2, 0.25) is 0 Å². The van der Waals surface area contributed by atoms with Crippen molar-refractivity contribution in [1.29, 1.82) is 0 Å². The van der Waals surface area contributed by atoms with Crippen molar-refractivity contribution in [1.82, 2.24) is 24.8 Å². The van der Waals surface area contributed by atoms with Crippen LogP contribution in [0, 0.1) is 5.92 Å². The fourth-order valence-electron chi connectivity index (χ4n) is 3.03. The lowest BCUT2D eigenvalue weighted by Gasteiger charge is -2.14. The minimum absolute atomic E-state index is 0.0115. The van der Waals surface area contributed by atoms with Crippen LogP contribution in [0.4, 0.5) is 0 Å². The topological polar surface area (TPSA) is 95.0 Å². The highest BCUT2D eigenvalue weighted by Crippen LogP contribution is 2.14. The zero-order valence-corrected chi connectivity index (χ0v) is 14.3. The van der Waals surface area contributed by atoms with Crippen molar-refractivity contribution in [2.75, 3.05) is 0 Å². The lowest BCUT2D eigenvalue weighted by Crippen LogP contribution is -2.35. The Kier molecular flexibility index (Phi) is 4.55. The number of rotatable bonds is 4. The van der Waals surface area contributed by atoms with Gasteiger partial charge in [-0.05, 0) is 25.2 Å². The van der Waals surface area contributed by atoms with E-state index < -0.39 is 0 Å². The zero-order chi connectivity index (χ0) is 17.3. The summed E-state index contributed by atoms with van der Waals surface area (Å²) >= 11 is 0. The molecule has 0 spiro atoms. The number of amides is 1. The van der Waals surface area contributed by atoms with Crippen molar-refractivity contribution >= 4 is 5.91 Å². The van der Waals surface area contributed by atoms with Crippen molar-refractivity contribution in [3.05, 3.63) is 33.8 Å². The fraction of sp³-hybridized carbons (Fsp3) is 0.625. The van der Waals surface area contributed by atoms with Crippen molar-refractivity contribution in [3.8, 4) is 0 Å². The summed E-state index contributed by atoms with van der Waals surface area (Å²) in [5.74, 6) is 1.22. The Labute approximate surface area is 139 Å². The van der Waals surface area contributed by atoms with Gasteiger partial charge in [0.2, 0.25) is 5.76 Å². The van der Waals surface area contributed by atoms with Gasteiger partial charge in [0.05, 0.1) is 5.69 Å². The number of aryl methyl sites for hydroxylation is 2. The molecule has 130 valence electrons. The van der Waals surface area contributed by atoms with Crippen LogP contribution in [0.1, 0.15) is 48.8 Å². The van der Waals surface area contributed by atoms with E-state index in [9.17, 15) is 9.59 Å². The second kappa shape index (κ2) is 6.62. The first-order chi connectivity index (χ1) is 11.4. The normalized spacial score (nSPS) is 17.6. The van der Waals surface area contributed by atoms with Gasteiger partial charge in [-0.2, -0.15) is 5.10 Å². The number of carbonyl (C=O) groups excluding carboxylic acids is 1. The van der Waals surface area contributed by atoms with E-state index in [-0.39, 0.29) is 23.4 Å². The van der Waals surface area contributed by atoms with Crippen molar-refractivity contribution in [3.63, 3.8) is 0 Å². The van der Waals surface area contributed by atoms with Gasteiger partial charge < -0.3 is 9.84 Å². The summed E-state index contributed by atoms with van der Waals surface area (Å²) in [6, 6.07) is 1.69. The van der Waals surface area contributed by atoms with Crippen molar-refractivity contribution in [2.45, 2.75) is 52.1 Å². The van der Waals surface area contributed by atoms with Crippen LogP contribution in [-0.2, 0) is 26.4 Å². The number of nitrogens with zero attached hydrogens (tertiary/aromatic N) is 4. The molecule has 0 fully saturated rings. The van der Waals surface area contributed by atoms with Gasteiger partial charge in [-0.3, -0.25) is 9.36 Å². The lowest BCUT2D eigenvalue weighted by atomic mass is 10.1. The zero-order valence-electron chi connectivity index (χ0n) is 14.3. The molecule has 1 aliphatic rings. The Balaban J connectivity index is 1.61. The summed E-state index contributed by atoms with van der Waals surface area (Å²) in [6.45, 7) is 4.74. The van der Waals surface area contributed by atoms with Gasteiger partial charge in [0.15, 0.2) is 0 Å². The minimum atomic E-state index is -0.255. The monoisotopic (exact) mass is 333 g/mol. The number of nitrogens with one attached hydrogen (secondary N) is 1. The summed E-state index contributed by atoms with van der Waals surface area (Å²) in [7, 11) is 1.65. The number of aromatic nitrogens is 4. The smallest absolute Gasteiger partial charge is 0.345 e. The van der Waals surface area contributed by atoms with E-state index >= 15 is 0 Å². The first-order valence-corrected chi connectivity index (χ1v) is 8.33. The van der Waals surface area contributed by atoms with Gasteiger partial charge in [0.1, 0.15) is 5.82 Å². The first-order valence-electron chi connectivity index (χ1n) is 8.33. The van der Waals surface area contributed by atoms with E-state index in [1.807, 2.05) is 0 Å². The van der Waals surface area contributed by atoms with E-state index in [1.165, 1.54) is 4.68 Å². The van der Waals surface area contributed by atoms with E-state index in [0.717, 1.165) is 24.4 Å². The summed E-state index contributed by atoms with van der Waals surface area (Å²) < 4.78 is 8.19. The van der Waals surface area contributed by atoms with Gasteiger partial charge >= 0.3 is 5.69 Å². The summed E-state index contributed by atoms with van der Waals surface area (Å²) in [5.41, 5.74) is 0.685. The summed E-state index contributed by atoms with van der Waals surface area (Å²) in [4.78, 5) is 24.3. The third-order valence-corrected chi connectivity index (χ3v) is 4.24. The molecule has 1 atom stereocenters. The van der Waals surface area contributed by atoms with E-state index in [4.69, 9.17) is 4.52 Å². The standard InChI is InChI=1S/C16H23N5O3/c1-10(2)8-12-9-13(24-19-12)15(22)17-11-4-5-14-18-20(3)16(23)21(14)7-6-11/h9-11H,4-8H2,1-3H3,(H,17,22). The molecule has 24 heavy (non-hydrogen) atoms. The van der Waals surface area contributed by atoms with Gasteiger partial charge in [0.25, 0.3) is 5.91 Å². The van der Waals surface area contributed by atoms with Crippen LogP contribution in [0.25, 0.3) is 0 Å². The van der Waals surface area contributed by atoms with Crippen LogP contribution in [0.5, 0.6) is 0 Å². The maximum absolute atomic E-state index is 12.3. The molecule has 0 radical (unpaired) electrons. The second-order valence-electron chi connectivity index (χ2n) is 6.75. The number of hydrogen-bond donors (Lipinski definition) is 1. The van der Waals surface area contributed by atoms with E-state index in [1.54, 1.807) is 17.7 Å². The third-order valence-electron chi connectivity index (χ3n) is 4.24. The summed E-state index contributed by atoms with van der Waals surface area (Å²) in [5, 5.41) is 11.2. The molecule has 1 unspecified atom stereocenters. The maximum Gasteiger partial charge on any atom is 0.345 e. The molecule has 3 rings (SSSR count). The molecule has 1 aliphatic heterocycles. The Morgan fingerprint density at radius 1 is 1.46 bits per heavy atom. The van der Waals surface area contributed by atoms with E-state index in [0.29, 0.717) is 25.3 Å². The largest absolute Gasteiger partial charge is 0.351 e. The quantitative estimate of drug-likeness (QED) is 0.897. The SMILES string of the molecule is CC(C)Cc1cc(C(=O)NC2CCc3nn(C)c(=O)n3CC2)on1. The molecule has 2 aromatic rings. The fourth-order valence-corrected chi connectivity index (χ4v) is 3.03. The molecule has 1 amide bonds.